The van der Waals surface area contributed by atoms with Gasteiger partial charge in [-0.2, -0.15) is 0 Å². The number of thiophene rings is 1. The zero-order valence-corrected chi connectivity index (χ0v) is 29.1. The van der Waals surface area contributed by atoms with E-state index in [4.69, 9.17) is 4.74 Å². The topological polar surface area (TPSA) is 67.4 Å². The molecule has 0 bridgehead atoms. The van der Waals surface area contributed by atoms with Crippen LogP contribution in [0.5, 0.6) is 5.75 Å². The smallest absolute Gasteiger partial charge is 0.224 e. The van der Waals surface area contributed by atoms with Crippen LogP contribution in [0.4, 0.5) is 0 Å². The average Bonchev–Trinajstić information content (AvgIpc) is 3.83. The molecule has 47 heavy (non-hydrogen) atoms. The van der Waals surface area contributed by atoms with Gasteiger partial charge in [0, 0.05) is 29.1 Å². The number of hydrogen-bond acceptors (Lipinski definition) is 5. The van der Waals surface area contributed by atoms with Crippen LogP contribution in [0.1, 0.15) is 92.4 Å². The molecule has 2 aliphatic carbocycles. The fraction of sp³-hybridized carbons (Fsp3) is 0.450. The first kappa shape index (κ1) is 33.6. The molecule has 1 heterocycles. The van der Waals surface area contributed by atoms with Crippen LogP contribution in [0.15, 0.2) is 77.0 Å². The van der Waals surface area contributed by atoms with E-state index in [1.165, 1.54) is 65.7 Å². The van der Waals surface area contributed by atoms with Crippen molar-refractivity contribution in [1.29, 1.82) is 0 Å². The minimum atomic E-state index is 0.0368. The molecule has 5 nitrogen and oxygen atoms in total. The largest absolute Gasteiger partial charge is 0.494 e. The predicted octanol–water partition coefficient (Wildman–Crippen LogP) is 9.22. The Balaban J connectivity index is 0.870. The summed E-state index contributed by atoms with van der Waals surface area (Å²) in [5, 5.41) is 9.42. The number of amides is 2. The number of ether oxygens (including phenoxy) is 1. The minimum absolute atomic E-state index is 0.0368. The number of nitrogens with one attached hydrogen (secondary N) is 2. The van der Waals surface area contributed by atoms with Gasteiger partial charge in [-0.1, -0.05) is 49.2 Å². The molecular weight excluding hydrogens is 621 g/mol. The highest BCUT2D eigenvalue weighted by atomic mass is 32.2. The fourth-order valence-electron chi connectivity index (χ4n) is 6.56. The molecule has 3 aromatic carbocycles. The summed E-state index contributed by atoms with van der Waals surface area (Å²) in [5.74, 6) is 3.51. The van der Waals surface area contributed by atoms with Gasteiger partial charge in [0.1, 0.15) is 5.75 Å². The van der Waals surface area contributed by atoms with Crippen molar-refractivity contribution in [1.82, 2.24) is 10.6 Å². The molecule has 2 amide bonds. The van der Waals surface area contributed by atoms with E-state index in [1.54, 1.807) is 11.3 Å². The van der Waals surface area contributed by atoms with E-state index in [0.717, 1.165) is 60.2 Å². The second-order valence-electron chi connectivity index (χ2n) is 13.2. The van der Waals surface area contributed by atoms with Crippen molar-refractivity contribution >= 4 is 45.0 Å². The van der Waals surface area contributed by atoms with Crippen LogP contribution in [0, 0.1) is 5.92 Å². The summed E-state index contributed by atoms with van der Waals surface area (Å²) in [5.41, 5.74) is 5.19. The standard InChI is InChI=1S/C40H48N2O3S2/c43-39(23-29-13-14-29)41-20-19-32-12-8-11-31-15-17-35(26-36(31)32)46-22-7-2-1-6-21-45-34-16-18-38-37(25-34)33(28-47-38)24-40(44)42-27-30-9-4-3-5-10-30/h3-5,9-10,15-18,25-26,28-29,32H,1-2,6-8,11-14,19-24,27H2,(H,41,43)(H,42,44). The van der Waals surface area contributed by atoms with Gasteiger partial charge in [0.15, 0.2) is 0 Å². The summed E-state index contributed by atoms with van der Waals surface area (Å²) < 4.78 is 7.31. The van der Waals surface area contributed by atoms with Crippen LogP contribution in [-0.2, 0) is 29.0 Å². The van der Waals surface area contributed by atoms with Gasteiger partial charge in [-0.25, -0.2) is 0 Å². The first-order valence-corrected chi connectivity index (χ1v) is 19.4. The number of aryl methyl sites for hydroxylation is 1. The molecule has 0 radical (unpaired) electrons. The van der Waals surface area contributed by atoms with E-state index in [-0.39, 0.29) is 11.8 Å². The van der Waals surface area contributed by atoms with Crippen LogP contribution < -0.4 is 15.4 Å². The van der Waals surface area contributed by atoms with E-state index in [2.05, 4.69) is 46.3 Å². The van der Waals surface area contributed by atoms with Crippen molar-refractivity contribution in [3.8, 4) is 5.75 Å². The second kappa shape index (κ2) is 17.2. The summed E-state index contributed by atoms with van der Waals surface area (Å²) >= 11 is 3.66. The summed E-state index contributed by atoms with van der Waals surface area (Å²) in [6.07, 6.45) is 12.9. The van der Waals surface area contributed by atoms with Gasteiger partial charge < -0.3 is 15.4 Å². The fourth-order valence-corrected chi connectivity index (χ4v) is 8.47. The van der Waals surface area contributed by atoms with Crippen molar-refractivity contribution in [3.05, 3.63) is 94.4 Å². The molecule has 2 N–H and O–H groups in total. The lowest BCUT2D eigenvalue weighted by Crippen LogP contribution is -2.26. The van der Waals surface area contributed by atoms with Gasteiger partial charge in [0.05, 0.1) is 13.0 Å². The monoisotopic (exact) mass is 668 g/mol. The van der Waals surface area contributed by atoms with Gasteiger partial charge in [-0.3, -0.25) is 9.59 Å². The lowest BCUT2D eigenvalue weighted by Gasteiger charge is -2.26. The first-order valence-electron chi connectivity index (χ1n) is 17.6. The Morgan fingerprint density at radius 2 is 1.77 bits per heavy atom. The third kappa shape index (κ3) is 10.3. The van der Waals surface area contributed by atoms with E-state index in [9.17, 15) is 9.59 Å². The molecular formula is C40H48N2O3S2. The zero-order valence-electron chi connectivity index (χ0n) is 27.4. The quantitative estimate of drug-likeness (QED) is 0.0820. The Bertz CT molecular complexity index is 1610. The van der Waals surface area contributed by atoms with Crippen LogP contribution in [0.2, 0.25) is 0 Å². The Kier molecular flexibility index (Phi) is 12.3. The molecule has 1 aromatic heterocycles. The van der Waals surface area contributed by atoms with Gasteiger partial charge in [0.2, 0.25) is 11.8 Å². The SMILES string of the molecule is O=C(Cc1csc2ccc(OCCCCCCSc3ccc4c(c3)C(CCNC(=O)CC3CC3)CCC4)cc12)NCc1ccccc1. The van der Waals surface area contributed by atoms with Crippen LogP contribution in [0.25, 0.3) is 10.1 Å². The van der Waals surface area contributed by atoms with E-state index in [1.807, 2.05) is 48.2 Å². The Labute approximate surface area is 288 Å². The molecule has 2 aliphatic rings. The number of fused-ring (bicyclic) bond motifs is 2. The number of rotatable bonds is 18. The molecule has 1 saturated carbocycles. The number of carbonyl (C=O) groups is 2. The van der Waals surface area contributed by atoms with Gasteiger partial charge >= 0.3 is 0 Å². The van der Waals surface area contributed by atoms with Crippen molar-refractivity contribution in [2.24, 2.45) is 5.92 Å². The highest BCUT2D eigenvalue weighted by Gasteiger charge is 2.25. The number of unbranched alkanes of at least 4 members (excludes halogenated alkanes) is 3. The minimum Gasteiger partial charge on any atom is -0.494 e. The van der Waals surface area contributed by atoms with E-state index < -0.39 is 0 Å². The molecule has 1 fully saturated rings. The molecule has 7 heteroatoms. The van der Waals surface area contributed by atoms with Crippen LogP contribution >= 0.6 is 23.1 Å². The number of benzene rings is 3. The molecule has 1 atom stereocenters. The highest BCUT2D eigenvalue weighted by Crippen LogP contribution is 2.37. The Morgan fingerprint density at radius 1 is 0.894 bits per heavy atom. The predicted molar refractivity (Wildman–Crippen MR) is 196 cm³/mol. The summed E-state index contributed by atoms with van der Waals surface area (Å²) in [7, 11) is 0. The molecule has 6 rings (SSSR count). The molecule has 0 saturated heterocycles. The third-order valence-electron chi connectivity index (χ3n) is 9.43. The maximum atomic E-state index is 12.6. The van der Waals surface area contributed by atoms with Crippen molar-refractivity contribution < 1.29 is 14.3 Å². The lowest BCUT2D eigenvalue weighted by atomic mass is 9.81. The lowest BCUT2D eigenvalue weighted by molar-refractivity contribution is -0.121. The normalized spacial score (nSPS) is 15.7. The van der Waals surface area contributed by atoms with Crippen LogP contribution in [0.3, 0.4) is 0 Å². The molecule has 0 spiro atoms. The number of carbonyl (C=O) groups excluding carboxylic acids is 2. The van der Waals surface area contributed by atoms with Crippen molar-refractivity contribution in [2.75, 3.05) is 18.9 Å². The molecule has 0 aliphatic heterocycles. The van der Waals surface area contributed by atoms with Crippen molar-refractivity contribution in [2.45, 2.75) is 94.4 Å². The zero-order chi connectivity index (χ0) is 32.3. The maximum Gasteiger partial charge on any atom is 0.224 e. The number of thioether (sulfide) groups is 1. The first-order chi connectivity index (χ1) is 23.1. The molecule has 4 aromatic rings. The van der Waals surface area contributed by atoms with Gasteiger partial charge in [-0.05, 0) is 132 Å². The maximum absolute atomic E-state index is 12.6. The number of hydrogen-bond donors (Lipinski definition) is 2. The van der Waals surface area contributed by atoms with Gasteiger partial charge in [0.25, 0.3) is 0 Å². The Hall–Kier alpha value is -3.29. The third-order valence-corrected chi connectivity index (χ3v) is 11.5. The van der Waals surface area contributed by atoms with Crippen LogP contribution in [-0.4, -0.2) is 30.7 Å². The summed E-state index contributed by atoms with van der Waals surface area (Å²) in [6.45, 7) is 2.06. The molecule has 248 valence electrons. The highest BCUT2D eigenvalue weighted by molar-refractivity contribution is 7.99. The van der Waals surface area contributed by atoms with Crippen molar-refractivity contribution in [3.63, 3.8) is 0 Å². The summed E-state index contributed by atoms with van der Waals surface area (Å²) in [6, 6.07) is 23.4. The van der Waals surface area contributed by atoms with E-state index >= 15 is 0 Å². The molecule has 1 unspecified atom stereocenters. The van der Waals surface area contributed by atoms with E-state index in [0.29, 0.717) is 31.4 Å². The Morgan fingerprint density at radius 3 is 2.64 bits per heavy atom. The average molecular weight is 669 g/mol. The summed E-state index contributed by atoms with van der Waals surface area (Å²) in [4.78, 5) is 26.1. The second-order valence-corrected chi connectivity index (χ2v) is 15.3. The van der Waals surface area contributed by atoms with Gasteiger partial charge in [-0.15, -0.1) is 23.1 Å².